The summed E-state index contributed by atoms with van der Waals surface area (Å²) in [5.41, 5.74) is 2.00. The van der Waals surface area contributed by atoms with Gasteiger partial charge >= 0.3 is 12.1 Å². The normalized spacial score (nSPS) is 34.3. The predicted octanol–water partition coefficient (Wildman–Crippen LogP) is 10.8. The Labute approximate surface area is 243 Å². The van der Waals surface area contributed by atoms with Crippen molar-refractivity contribution in [3.8, 4) is 0 Å². The molecular formula is C33H51F5OS. The van der Waals surface area contributed by atoms with Crippen molar-refractivity contribution in [2.75, 3.05) is 11.5 Å². The molecule has 0 saturated heterocycles. The minimum atomic E-state index is -5.43. The highest BCUT2D eigenvalue weighted by Gasteiger charge is 2.58. The van der Waals surface area contributed by atoms with E-state index in [9.17, 15) is 26.7 Å². The van der Waals surface area contributed by atoms with Gasteiger partial charge in [0.15, 0.2) is 5.78 Å². The lowest BCUT2D eigenvalue weighted by molar-refractivity contribution is -0.284. The van der Waals surface area contributed by atoms with Crippen LogP contribution in [0.5, 0.6) is 0 Å². The van der Waals surface area contributed by atoms with Crippen molar-refractivity contribution in [2.45, 2.75) is 135 Å². The van der Waals surface area contributed by atoms with Crippen LogP contribution in [-0.4, -0.2) is 29.4 Å². The van der Waals surface area contributed by atoms with E-state index < -0.39 is 18.5 Å². The van der Waals surface area contributed by atoms with Gasteiger partial charge in [0.1, 0.15) is 0 Å². The monoisotopic (exact) mass is 590 g/mol. The maximum Gasteiger partial charge on any atom is 0.453 e. The van der Waals surface area contributed by atoms with E-state index in [1.165, 1.54) is 75.1 Å². The second-order valence-electron chi connectivity index (χ2n) is 13.8. The number of unbranched alkanes of at least 4 members (excludes halogenated alkanes) is 6. The van der Waals surface area contributed by atoms with Gasteiger partial charge in [-0.2, -0.15) is 33.7 Å². The minimum Gasteiger partial charge on any atom is -0.295 e. The molecule has 0 amide bonds. The molecule has 0 aromatic carbocycles. The van der Waals surface area contributed by atoms with Gasteiger partial charge in [0.2, 0.25) is 0 Å². The highest BCUT2D eigenvalue weighted by Crippen LogP contribution is 2.65. The van der Waals surface area contributed by atoms with Crippen LogP contribution in [0.25, 0.3) is 0 Å². The number of allylic oxidation sites excluding steroid dienone is 1. The average Bonchev–Trinajstić information content (AvgIpc) is 3.19. The van der Waals surface area contributed by atoms with Crippen LogP contribution in [0.15, 0.2) is 11.6 Å². The summed E-state index contributed by atoms with van der Waals surface area (Å²) < 4.78 is 62.4. The van der Waals surface area contributed by atoms with Crippen LogP contribution in [0.1, 0.15) is 123 Å². The summed E-state index contributed by atoms with van der Waals surface area (Å²) in [4.78, 5) is 12.3. The van der Waals surface area contributed by atoms with Gasteiger partial charge in [-0.05, 0) is 116 Å². The van der Waals surface area contributed by atoms with E-state index in [2.05, 4.69) is 13.8 Å². The van der Waals surface area contributed by atoms with Crippen molar-refractivity contribution >= 4 is 17.5 Å². The molecule has 4 rings (SSSR count). The van der Waals surface area contributed by atoms with E-state index in [-0.39, 0.29) is 6.42 Å². The molecule has 0 bridgehead atoms. The molecule has 0 radical (unpaired) electrons. The van der Waals surface area contributed by atoms with E-state index in [0.717, 1.165) is 73.9 Å². The molecule has 0 N–H and O–H groups in total. The van der Waals surface area contributed by atoms with Crippen LogP contribution in [0.4, 0.5) is 22.0 Å². The molecule has 0 aromatic rings. The number of alkyl halides is 5. The maximum atomic E-state index is 12.9. The molecule has 7 atom stereocenters. The van der Waals surface area contributed by atoms with Gasteiger partial charge in [0.25, 0.3) is 0 Å². The molecule has 40 heavy (non-hydrogen) atoms. The fourth-order valence-corrected chi connectivity index (χ4v) is 10.0. The number of thioether (sulfide) groups is 1. The van der Waals surface area contributed by atoms with Crippen molar-refractivity contribution < 1.29 is 26.7 Å². The van der Waals surface area contributed by atoms with E-state index in [1.54, 1.807) is 0 Å². The molecule has 230 valence electrons. The summed E-state index contributed by atoms with van der Waals surface area (Å²) in [6, 6.07) is 0. The number of rotatable bonds is 14. The summed E-state index contributed by atoms with van der Waals surface area (Å²) in [6.07, 6.45) is 13.4. The molecule has 0 heterocycles. The van der Waals surface area contributed by atoms with Gasteiger partial charge < -0.3 is 0 Å². The lowest BCUT2D eigenvalue weighted by Gasteiger charge is -2.56. The van der Waals surface area contributed by atoms with Gasteiger partial charge in [-0.1, -0.05) is 57.9 Å². The first-order chi connectivity index (χ1) is 18.9. The third-order valence-electron chi connectivity index (χ3n) is 11.5. The minimum absolute atomic E-state index is 0.104. The van der Waals surface area contributed by atoms with Gasteiger partial charge in [-0.15, -0.1) is 0 Å². The Hall–Kier alpha value is -0.590. The molecule has 0 aromatic heterocycles. The van der Waals surface area contributed by atoms with Crippen LogP contribution >= 0.6 is 11.8 Å². The van der Waals surface area contributed by atoms with Crippen molar-refractivity contribution in [3.05, 3.63) is 11.6 Å². The molecule has 3 fully saturated rings. The molecule has 5 unspecified atom stereocenters. The fraction of sp³-hybridized carbons (Fsp3) is 0.909. The van der Waals surface area contributed by atoms with E-state index in [1.807, 2.05) is 6.08 Å². The Bertz CT molecular complexity index is 869. The Kier molecular flexibility index (Phi) is 11.2. The first-order valence-electron chi connectivity index (χ1n) is 16.2. The third-order valence-corrected chi connectivity index (χ3v) is 12.7. The summed E-state index contributed by atoms with van der Waals surface area (Å²) >= 11 is 1.49. The Balaban J connectivity index is 1.12. The molecule has 0 aliphatic heterocycles. The quantitative estimate of drug-likeness (QED) is 0.148. The number of ketones is 1. The lowest BCUT2D eigenvalue weighted by atomic mass is 9.48. The number of hydrogen-bond donors (Lipinski definition) is 0. The zero-order chi connectivity index (χ0) is 29.0. The van der Waals surface area contributed by atoms with E-state index in [0.29, 0.717) is 22.9 Å². The Morgan fingerprint density at radius 3 is 2.30 bits per heavy atom. The number of halogens is 5. The van der Waals surface area contributed by atoms with Gasteiger partial charge in [-0.25, -0.2) is 0 Å². The van der Waals surface area contributed by atoms with Gasteiger partial charge in [0.05, 0.1) is 0 Å². The van der Waals surface area contributed by atoms with Crippen LogP contribution in [0, 0.1) is 40.9 Å². The summed E-state index contributed by atoms with van der Waals surface area (Å²) in [5.74, 6) is 1.72. The molecule has 3 saturated carbocycles. The van der Waals surface area contributed by atoms with E-state index in [4.69, 9.17) is 0 Å². The predicted molar refractivity (Wildman–Crippen MR) is 155 cm³/mol. The number of hydrogen-bond acceptors (Lipinski definition) is 2. The first kappa shape index (κ1) is 32.3. The lowest BCUT2D eigenvalue weighted by Crippen LogP contribution is -2.49. The number of carbonyl (C=O) groups excluding carboxylic acids is 1. The van der Waals surface area contributed by atoms with Crippen LogP contribution in [0.3, 0.4) is 0 Å². The summed E-state index contributed by atoms with van der Waals surface area (Å²) in [7, 11) is 0. The fourth-order valence-electron chi connectivity index (χ4n) is 9.07. The molecule has 7 heteroatoms. The van der Waals surface area contributed by atoms with Crippen LogP contribution in [-0.2, 0) is 4.79 Å². The van der Waals surface area contributed by atoms with E-state index >= 15 is 0 Å². The van der Waals surface area contributed by atoms with Gasteiger partial charge in [-0.3, -0.25) is 4.79 Å². The summed E-state index contributed by atoms with van der Waals surface area (Å²) in [5, 5.41) is 0. The molecule has 0 spiro atoms. The average molecular weight is 591 g/mol. The van der Waals surface area contributed by atoms with Crippen molar-refractivity contribution in [1.82, 2.24) is 0 Å². The smallest absolute Gasteiger partial charge is 0.295 e. The van der Waals surface area contributed by atoms with Crippen molar-refractivity contribution in [1.29, 1.82) is 0 Å². The van der Waals surface area contributed by atoms with Crippen LogP contribution < -0.4 is 0 Å². The van der Waals surface area contributed by atoms with Crippen molar-refractivity contribution in [3.63, 3.8) is 0 Å². The molecular weight excluding hydrogens is 539 g/mol. The zero-order valence-corrected chi connectivity index (χ0v) is 25.5. The van der Waals surface area contributed by atoms with Crippen LogP contribution in [0.2, 0.25) is 0 Å². The van der Waals surface area contributed by atoms with Gasteiger partial charge in [0, 0.05) is 12.8 Å². The highest BCUT2D eigenvalue weighted by atomic mass is 32.2. The third kappa shape index (κ3) is 7.48. The second-order valence-corrected chi connectivity index (χ2v) is 15.1. The SMILES string of the molecule is C[C@H]1CCC2C3C(CCCCCCCCCSCCCC(F)(F)C(F)(F)F)CC4=CC(=O)CCC4C3CC[C@@]21C. The zero-order valence-electron chi connectivity index (χ0n) is 24.7. The first-order valence-corrected chi connectivity index (χ1v) is 17.3. The summed E-state index contributed by atoms with van der Waals surface area (Å²) in [6.45, 7) is 5.07. The van der Waals surface area contributed by atoms with Crippen molar-refractivity contribution in [2.24, 2.45) is 40.9 Å². The Morgan fingerprint density at radius 2 is 1.57 bits per heavy atom. The highest BCUT2D eigenvalue weighted by molar-refractivity contribution is 7.99. The number of fused-ring (bicyclic) bond motifs is 5. The largest absolute Gasteiger partial charge is 0.453 e. The molecule has 1 nitrogen and oxygen atoms in total. The second kappa shape index (κ2) is 13.8. The molecule has 4 aliphatic carbocycles. The Morgan fingerprint density at radius 1 is 0.900 bits per heavy atom. The topological polar surface area (TPSA) is 17.1 Å². The molecule has 4 aliphatic rings. The number of carbonyl (C=O) groups is 1. The maximum absolute atomic E-state index is 12.9. The standard InChI is InChI=1S/C33H51F5OS/c1-23-12-15-29-30-24(21-25-22-26(39)13-14-27(25)28(30)16-18-31(23,29)2)11-8-6-4-3-5-7-9-19-40-20-10-17-32(34,35)33(36,37)38/h22-24,27-30H,3-21H2,1-2H3/t23-,24?,27?,28?,29?,30?,31+/m0/s1.